The largest absolute Gasteiger partial charge is 0.436 e. The number of thiophene rings is 1. The highest BCUT2D eigenvalue weighted by atomic mass is 32.1. The van der Waals surface area contributed by atoms with Crippen LogP contribution in [-0.2, 0) is 0 Å². The first-order valence-corrected chi connectivity index (χ1v) is 19.0. The van der Waals surface area contributed by atoms with Crippen LogP contribution in [0.1, 0.15) is 0 Å². The van der Waals surface area contributed by atoms with Gasteiger partial charge in [-0.25, -0.2) is 4.98 Å². The third-order valence-corrected chi connectivity index (χ3v) is 12.1. The number of hydrogen-bond donors (Lipinski definition) is 0. The zero-order valence-electron chi connectivity index (χ0n) is 28.9. The Labute approximate surface area is 313 Å². The van der Waals surface area contributed by atoms with Crippen molar-refractivity contribution in [3.63, 3.8) is 0 Å². The second-order valence-corrected chi connectivity index (χ2v) is 15.0. The van der Waals surface area contributed by atoms with Crippen LogP contribution in [0.15, 0.2) is 180 Å². The van der Waals surface area contributed by atoms with E-state index < -0.39 is 0 Å². The van der Waals surface area contributed by atoms with Gasteiger partial charge >= 0.3 is 0 Å². The Morgan fingerprint density at radius 2 is 1.02 bits per heavy atom. The minimum absolute atomic E-state index is 0.631. The first-order valence-electron chi connectivity index (χ1n) is 18.2. The van der Waals surface area contributed by atoms with Crippen molar-refractivity contribution in [2.45, 2.75) is 0 Å². The SMILES string of the molecule is c1ccc(-n2c3ccc(-c4ccc5c(c4)c4ccccc4n5-c4ccc(-c5nc6ccccc6o5)cc4)cc3c3c4c(ccc32)sc2ccccc24)cc1. The molecule has 0 bridgehead atoms. The summed E-state index contributed by atoms with van der Waals surface area (Å²) in [6.45, 7) is 0. The molecule has 0 unspecified atom stereocenters. The average Bonchev–Trinajstić information content (AvgIpc) is 4.00. The van der Waals surface area contributed by atoms with Crippen molar-refractivity contribution in [3.8, 4) is 34.0 Å². The van der Waals surface area contributed by atoms with E-state index in [9.17, 15) is 0 Å². The lowest BCUT2D eigenvalue weighted by Crippen LogP contribution is -1.94. The molecule has 0 fully saturated rings. The van der Waals surface area contributed by atoms with Gasteiger partial charge in [0.1, 0.15) is 5.52 Å². The number of nitrogens with zero attached hydrogens (tertiary/aromatic N) is 3. The van der Waals surface area contributed by atoms with Crippen molar-refractivity contribution in [3.05, 3.63) is 176 Å². The van der Waals surface area contributed by atoms with Crippen molar-refractivity contribution in [2.75, 3.05) is 0 Å². The van der Waals surface area contributed by atoms with Crippen LogP contribution in [0.25, 0.3) is 109 Å². The van der Waals surface area contributed by atoms with E-state index in [1.165, 1.54) is 80.6 Å². The van der Waals surface area contributed by atoms with E-state index in [2.05, 4.69) is 161 Å². The molecule has 0 saturated carbocycles. The van der Waals surface area contributed by atoms with Gasteiger partial charge < -0.3 is 13.6 Å². The summed E-state index contributed by atoms with van der Waals surface area (Å²) in [5, 5.41) is 7.68. The lowest BCUT2D eigenvalue weighted by atomic mass is 9.99. The minimum Gasteiger partial charge on any atom is -0.436 e. The summed E-state index contributed by atoms with van der Waals surface area (Å²) in [6, 6.07) is 63.2. The van der Waals surface area contributed by atoms with Crippen LogP contribution in [0.3, 0.4) is 0 Å². The Kier molecular flexibility index (Phi) is 6.18. The fraction of sp³-hybridized carbons (Fsp3) is 0. The number of hydrogen-bond acceptors (Lipinski definition) is 3. The second kappa shape index (κ2) is 11.3. The van der Waals surface area contributed by atoms with Gasteiger partial charge in [0.05, 0.1) is 22.1 Å². The summed E-state index contributed by atoms with van der Waals surface area (Å²) < 4.78 is 13.5. The summed E-state index contributed by atoms with van der Waals surface area (Å²) in [5.41, 5.74) is 12.1. The van der Waals surface area contributed by atoms with E-state index in [-0.39, 0.29) is 0 Å². The van der Waals surface area contributed by atoms with Gasteiger partial charge in [0.15, 0.2) is 5.58 Å². The molecule has 4 heterocycles. The van der Waals surface area contributed by atoms with Crippen LogP contribution in [-0.4, -0.2) is 14.1 Å². The number of para-hydroxylation sites is 4. The summed E-state index contributed by atoms with van der Waals surface area (Å²) in [6.07, 6.45) is 0. The monoisotopic (exact) mass is 707 g/mol. The highest BCUT2D eigenvalue weighted by Crippen LogP contribution is 2.44. The molecule has 0 aliphatic heterocycles. The standard InChI is InChI=1S/C49H29N3OS/c1-2-10-33(11-3-1)52-42-25-21-32(29-38(42)47-43(52)26-27-46-48(47)36-13-5-9-17-45(36)54-46)31-20-24-41-37(28-31)35-12-4-7-15-40(35)51(41)34-22-18-30(19-23-34)49-50-39-14-6-8-16-44(39)53-49/h1-29H. The first-order chi connectivity index (χ1) is 26.8. The summed E-state index contributed by atoms with van der Waals surface area (Å²) in [7, 11) is 0. The molecule has 0 spiro atoms. The minimum atomic E-state index is 0.631. The molecule has 0 aliphatic rings. The highest BCUT2D eigenvalue weighted by molar-refractivity contribution is 7.26. The van der Waals surface area contributed by atoms with Gasteiger partial charge in [0.25, 0.3) is 0 Å². The van der Waals surface area contributed by atoms with Gasteiger partial charge in [-0.15, -0.1) is 11.3 Å². The third-order valence-electron chi connectivity index (χ3n) is 11.0. The molecule has 0 aliphatic carbocycles. The molecular formula is C49H29N3OS. The molecule has 0 amide bonds. The summed E-state index contributed by atoms with van der Waals surface area (Å²) in [4.78, 5) is 4.72. The molecule has 54 heavy (non-hydrogen) atoms. The molecule has 5 heteroatoms. The third kappa shape index (κ3) is 4.27. The lowest BCUT2D eigenvalue weighted by Gasteiger charge is -2.10. The van der Waals surface area contributed by atoms with Crippen LogP contribution in [0, 0.1) is 0 Å². The van der Waals surface area contributed by atoms with Gasteiger partial charge in [0, 0.05) is 58.7 Å². The maximum Gasteiger partial charge on any atom is 0.227 e. The molecule has 0 atom stereocenters. The van der Waals surface area contributed by atoms with Gasteiger partial charge in [-0.05, 0) is 108 Å². The van der Waals surface area contributed by atoms with Crippen LogP contribution in [0.4, 0.5) is 0 Å². The lowest BCUT2D eigenvalue weighted by molar-refractivity contribution is 0.620. The maximum absolute atomic E-state index is 6.07. The molecule has 0 radical (unpaired) electrons. The summed E-state index contributed by atoms with van der Waals surface area (Å²) >= 11 is 1.87. The van der Waals surface area contributed by atoms with Crippen molar-refractivity contribution in [1.29, 1.82) is 0 Å². The number of rotatable bonds is 4. The molecule has 0 saturated heterocycles. The maximum atomic E-state index is 6.07. The van der Waals surface area contributed by atoms with Crippen LogP contribution in [0.5, 0.6) is 0 Å². The Morgan fingerprint density at radius 3 is 1.85 bits per heavy atom. The molecule has 0 N–H and O–H groups in total. The van der Waals surface area contributed by atoms with Crippen molar-refractivity contribution in [2.24, 2.45) is 0 Å². The zero-order chi connectivity index (χ0) is 35.3. The molecule has 4 aromatic heterocycles. The van der Waals surface area contributed by atoms with E-state index in [4.69, 9.17) is 9.40 Å². The van der Waals surface area contributed by atoms with E-state index in [1.807, 2.05) is 35.6 Å². The molecule has 4 nitrogen and oxygen atoms in total. The number of aromatic nitrogens is 3. The first kappa shape index (κ1) is 29.6. The molecule has 12 rings (SSSR count). The van der Waals surface area contributed by atoms with Crippen LogP contribution >= 0.6 is 11.3 Å². The Hall–Kier alpha value is -6.95. The smallest absolute Gasteiger partial charge is 0.227 e. The zero-order valence-corrected chi connectivity index (χ0v) is 29.7. The second-order valence-electron chi connectivity index (χ2n) is 14.0. The van der Waals surface area contributed by atoms with Crippen LogP contribution < -0.4 is 0 Å². The fourth-order valence-electron chi connectivity index (χ4n) is 8.54. The molecule has 252 valence electrons. The molecule has 12 aromatic rings. The fourth-order valence-corrected chi connectivity index (χ4v) is 9.65. The van der Waals surface area contributed by atoms with Crippen molar-refractivity contribution in [1.82, 2.24) is 14.1 Å². The Bertz CT molecular complexity index is 3400. The topological polar surface area (TPSA) is 35.9 Å². The molecule has 8 aromatic carbocycles. The van der Waals surface area contributed by atoms with E-state index in [0.717, 1.165) is 22.4 Å². The van der Waals surface area contributed by atoms with Crippen molar-refractivity contribution >= 4 is 86.2 Å². The average molecular weight is 708 g/mol. The number of oxazole rings is 1. The van der Waals surface area contributed by atoms with Gasteiger partial charge in [-0.1, -0.05) is 78.9 Å². The van der Waals surface area contributed by atoms with E-state index >= 15 is 0 Å². The Balaban J connectivity index is 1.04. The predicted molar refractivity (Wildman–Crippen MR) is 226 cm³/mol. The Morgan fingerprint density at radius 1 is 0.407 bits per heavy atom. The quantitative estimate of drug-likeness (QED) is 0.183. The van der Waals surface area contributed by atoms with Crippen molar-refractivity contribution < 1.29 is 4.42 Å². The number of fused-ring (bicyclic) bond motifs is 11. The summed E-state index contributed by atoms with van der Waals surface area (Å²) in [5.74, 6) is 0.631. The predicted octanol–water partition coefficient (Wildman–Crippen LogP) is 13.7. The van der Waals surface area contributed by atoms with E-state index in [0.29, 0.717) is 5.89 Å². The van der Waals surface area contributed by atoms with Crippen LogP contribution in [0.2, 0.25) is 0 Å². The normalized spacial score (nSPS) is 12.1. The van der Waals surface area contributed by atoms with E-state index in [1.54, 1.807) is 0 Å². The molecular weight excluding hydrogens is 679 g/mol. The van der Waals surface area contributed by atoms with Gasteiger partial charge in [-0.2, -0.15) is 0 Å². The number of benzene rings is 8. The van der Waals surface area contributed by atoms with Gasteiger partial charge in [-0.3, -0.25) is 0 Å². The highest BCUT2D eigenvalue weighted by Gasteiger charge is 2.20. The van der Waals surface area contributed by atoms with Gasteiger partial charge in [0.2, 0.25) is 5.89 Å².